The molecule has 0 spiro atoms. The fourth-order valence-corrected chi connectivity index (χ4v) is 3.71. The van der Waals surface area contributed by atoms with Crippen molar-refractivity contribution in [3.05, 3.63) is 11.9 Å². The zero-order valence-electron chi connectivity index (χ0n) is 10.1. The van der Waals surface area contributed by atoms with Crippen molar-refractivity contribution in [2.45, 2.75) is 18.9 Å². The zero-order chi connectivity index (χ0) is 13.3. The Kier molecular flexibility index (Phi) is 3.29. The Hall–Kier alpha value is -1.57. The molecule has 100 valence electrons. The van der Waals surface area contributed by atoms with Crippen LogP contribution in [-0.4, -0.2) is 41.7 Å². The smallest absolute Gasteiger partial charge is 0.274 e. The molecule has 8 heteroatoms. The second kappa shape index (κ2) is 4.60. The number of hydrogen-bond acceptors (Lipinski definition) is 5. The number of aromatic nitrogens is 2. The van der Waals surface area contributed by atoms with Gasteiger partial charge in [-0.2, -0.15) is 5.10 Å². The van der Waals surface area contributed by atoms with E-state index in [0.29, 0.717) is 12.8 Å². The summed E-state index contributed by atoms with van der Waals surface area (Å²) in [6.45, 7) is 0. The van der Waals surface area contributed by atoms with Crippen LogP contribution in [0.2, 0.25) is 0 Å². The van der Waals surface area contributed by atoms with Gasteiger partial charge < -0.3 is 11.1 Å². The summed E-state index contributed by atoms with van der Waals surface area (Å²) < 4.78 is 24.4. The van der Waals surface area contributed by atoms with Crippen molar-refractivity contribution < 1.29 is 13.2 Å². The molecule has 1 aromatic heterocycles. The number of anilines is 1. The summed E-state index contributed by atoms with van der Waals surface area (Å²) >= 11 is 0. The molecule has 3 N–H and O–H groups in total. The van der Waals surface area contributed by atoms with E-state index in [1.165, 1.54) is 10.9 Å². The molecule has 18 heavy (non-hydrogen) atoms. The minimum Gasteiger partial charge on any atom is -0.396 e. The Balaban J connectivity index is 2.06. The van der Waals surface area contributed by atoms with Gasteiger partial charge in [-0.3, -0.25) is 9.48 Å². The van der Waals surface area contributed by atoms with Gasteiger partial charge in [0.2, 0.25) is 0 Å². The highest BCUT2D eigenvalue weighted by atomic mass is 32.2. The van der Waals surface area contributed by atoms with Crippen LogP contribution in [-0.2, 0) is 16.9 Å². The van der Waals surface area contributed by atoms with Crippen LogP contribution in [0.1, 0.15) is 23.3 Å². The number of nitrogens with zero attached hydrogens (tertiary/aromatic N) is 2. The van der Waals surface area contributed by atoms with E-state index in [4.69, 9.17) is 5.73 Å². The minimum absolute atomic E-state index is 0.00845. The molecule has 1 saturated heterocycles. The first-order valence-corrected chi connectivity index (χ1v) is 7.50. The van der Waals surface area contributed by atoms with Crippen molar-refractivity contribution in [1.82, 2.24) is 15.1 Å². The lowest BCUT2D eigenvalue weighted by atomic mass is 10.2. The maximum atomic E-state index is 11.9. The first-order valence-electron chi connectivity index (χ1n) is 5.68. The topological polar surface area (TPSA) is 107 Å². The average Bonchev–Trinajstić information content (AvgIpc) is 2.56. The Morgan fingerprint density at radius 2 is 2.33 bits per heavy atom. The second-order valence-corrected chi connectivity index (χ2v) is 6.76. The molecule has 1 aliphatic rings. The van der Waals surface area contributed by atoms with Crippen molar-refractivity contribution >= 4 is 21.4 Å². The van der Waals surface area contributed by atoms with Crippen LogP contribution >= 0.6 is 0 Å². The van der Waals surface area contributed by atoms with Crippen molar-refractivity contribution in [2.24, 2.45) is 7.05 Å². The van der Waals surface area contributed by atoms with Gasteiger partial charge in [-0.1, -0.05) is 0 Å². The predicted molar refractivity (Wildman–Crippen MR) is 66.8 cm³/mol. The number of amides is 1. The number of aryl methyl sites for hydroxylation is 1. The molecule has 1 amide bonds. The van der Waals surface area contributed by atoms with E-state index in [-0.39, 0.29) is 28.9 Å². The van der Waals surface area contributed by atoms with Crippen LogP contribution in [0, 0.1) is 0 Å². The average molecular weight is 272 g/mol. The lowest BCUT2D eigenvalue weighted by molar-refractivity contribution is 0.0933. The van der Waals surface area contributed by atoms with E-state index in [1.54, 1.807) is 7.05 Å². The molecular weight excluding hydrogens is 256 g/mol. The van der Waals surface area contributed by atoms with Crippen LogP contribution < -0.4 is 11.1 Å². The van der Waals surface area contributed by atoms with Gasteiger partial charge in [0.1, 0.15) is 0 Å². The van der Waals surface area contributed by atoms with Crippen LogP contribution in [0.3, 0.4) is 0 Å². The maximum Gasteiger partial charge on any atom is 0.274 e. The quantitative estimate of drug-likeness (QED) is 0.741. The molecule has 0 aliphatic carbocycles. The Morgan fingerprint density at radius 1 is 1.61 bits per heavy atom. The van der Waals surface area contributed by atoms with E-state index >= 15 is 0 Å². The highest BCUT2D eigenvalue weighted by Gasteiger charge is 2.27. The molecule has 1 aromatic rings. The summed E-state index contributed by atoms with van der Waals surface area (Å²) in [5, 5.41) is 6.61. The zero-order valence-corrected chi connectivity index (χ0v) is 10.9. The lowest BCUT2D eigenvalue weighted by Gasteiger charge is -2.22. The molecule has 0 radical (unpaired) electrons. The van der Waals surface area contributed by atoms with Crippen molar-refractivity contribution in [2.75, 3.05) is 17.2 Å². The predicted octanol–water partition coefficient (Wildman–Crippen LogP) is -0.691. The Bertz CT molecular complexity index is 564. The normalized spacial score (nSPS) is 22.6. The van der Waals surface area contributed by atoms with Crippen LogP contribution in [0.5, 0.6) is 0 Å². The standard InChI is InChI=1S/C10H16N4O3S/c1-14-5-8(11)9(13-14)10(15)12-7-3-2-4-18(16,17)6-7/h5,7H,2-4,6,11H2,1H3,(H,12,15). The van der Waals surface area contributed by atoms with Gasteiger partial charge in [0.15, 0.2) is 15.5 Å². The fourth-order valence-electron chi connectivity index (χ4n) is 2.07. The number of nitrogen functional groups attached to an aromatic ring is 1. The number of nitrogens with two attached hydrogens (primary N) is 1. The first-order chi connectivity index (χ1) is 8.37. The molecule has 7 nitrogen and oxygen atoms in total. The van der Waals surface area contributed by atoms with Gasteiger partial charge in [-0.05, 0) is 12.8 Å². The maximum absolute atomic E-state index is 11.9. The second-order valence-electron chi connectivity index (χ2n) is 4.53. The third-order valence-electron chi connectivity index (χ3n) is 2.87. The van der Waals surface area contributed by atoms with Gasteiger partial charge in [-0.25, -0.2) is 8.42 Å². The molecule has 0 saturated carbocycles. The summed E-state index contributed by atoms with van der Waals surface area (Å²) in [7, 11) is -1.37. The number of carbonyl (C=O) groups excluding carboxylic acids is 1. The minimum atomic E-state index is -3.04. The molecule has 1 atom stereocenters. The molecule has 0 aromatic carbocycles. The number of sulfone groups is 1. The van der Waals surface area contributed by atoms with Gasteiger partial charge in [0, 0.05) is 19.3 Å². The summed E-state index contributed by atoms with van der Waals surface area (Å²) in [5.41, 5.74) is 6.06. The van der Waals surface area contributed by atoms with Gasteiger partial charge in [0.05, 0.1) is 17.2 Å². The van der Waals surface area contributed by atoms with Crippen LogP contribution in [0.15, 0.2) is 6.20 Å². The Labute approximate surface area is 105 Å². The summed E-state index contributed by atoms with van der Waals surface area (Å²) in [4.78, 5) is 11.9. The monoisotopic (exact) mass is 272 g/mol. The molecular formula is C10H16N4O3S. The third kappa shape index (κ3) is 2.81. The number of carbonyl (C=O) groups is 1. The number of nitrogens with one attached hydrogen (secondary N) is 1. The highest BCUT2D eigenvalue weighted by Crippen LogP contribution is 2.14. The highest BCUT2D eigenvalue weighted by molar-refractivity contribution is 7.91. The molecule has 2 heterocycles. The number of hydrogen-bond donors (Lipinski definition) is 2. The van der Waals surface area contributed by atoms with Crippen LogP contribution in [0.25, 0.3) is 0 Å². The van der Waals surface area contributed by atoms with Gasteiger partial charge in [0.25, 0.3) is 5.91 Å². The van der Waals surface area contributed by atoms with E-state index < -0.39 is 15.7 Å². The van der Waals surface area contributed by atoms with Gasteiger partial charge >= 0.3 is 0 Å². The van der Waals surface area contributed by atoms with E-state index in [1.807, 2.05) is 0 Å². The van der Waals surface area contributed by atoms with Crippen molar-refractivity contribution in [1.29, 1.82) is 0 Å². The molecule has 1 fully saturated rings. The number of rotatable bonds is 2. The summed E-state index contributed by atoms with van der Waals surface area (Å²) in [6.07, 6.45) is 2.77. The van der Waals surface area contributed by atoms with Crippen molar-refractivity contribution in [3.8, 4) is 0 Å². The summed E-state index contributed by atoms with van der Waals surface area (Å²) in [5.74, 6) is -0.230. The lowest BCUT2D eigenvalue weighted by Crippen LogP contribution is -2.43. The SMILES string of the molecule is Cn1cc(N)c(C(=O)NC2CCCS(=O)(=O)C2)n1. The van der Waals surface area contributed by atoms with E-state index in [0.717, 1.165) is 0 Å². The van der Waals surface area contributed by atoms with Gasteiger partial charge in [-0.15, -0.1) is 0 Å². The fraction of sp³-hybridized carbons (Fsp3) is 0.600. The molecule has 0 bridgehead atoms. The first kappa shape index (κ1) is 12.9. The van der Waals surface area contributed by atoms with Crippen LogP contribution in [0.4, 0.5) is 5.69 Å². The Morgan fingerprint density at radius 3 is 2.89 bits per heavy atom. The summed E-state index contributed by atoms with van der Waals surface area (Å²) in [6, 6.07) is -0.349. The largest absolute Gasteiger partial charge is 0.396 e. The molecule has 1 unspecified atom stereocenters. The molecule has 2 rings (SSSR count). The van der Waals surface area contributed by atoms with Crippen molar-refractivity contribution in [3.63, 3.8) is 0 Å². The van der Waals surface area contributed by atoms with E-state index in [9.17, 15) is 13.2 Å². The third-order valence-corrected chi connectivity index (χ3v) is 4.69. The molecule has 1 aliphatic heterocycles. The van der Waals surface area contributed by atoms with E-state index in [2.05, 4.69) is 10.4 Å².